The number of nitrogens with zero attached hydrogens (tertiary/aromatic N) is 4. The Morgan fingerprint density at radius 1 is 1.06 bits per heavy atom. The largest absolute Gasteiger partial charge is 0.508 e. The number of aromatic nitrogens is 2. The Kier molecular flexibility index (Phi) is 7.48. The monoisotopic (exact) mass is 728 g/mol. The minimum absolute atomic E-state index is 0.0614. The zero-order valence-electron chi connectivity index (χ0n) is 28.3. The van der Waals surface area contributed by atoms with Crippen molar-refractivity contribution in [2.45, 2.75) is 32.6 Å². The summed E-state index contributed by atoms with van der Waals surface area (Å²) in [6, 6.07) is 12.2. The Balaban J connectivity index is 1.27. The topological polar surface area (TPSA) is 148 Å². The van der Waals surface area contributed by atoms with Crippen molar-refractivity contribution in [3.05, 3.63) is 70.3 Å². The zero-order valence-corrected chi connectivity index (χ0v) is 29.9. The van der Waals surface area contributed by atoms with Crippen LogP contribution in [0.4, 0.5) is 10.6 Å². The van der Waals surface area contributed by atoms with Crippen LogP contribution < -0.4 is 9.64 Å². The molecule has 14 heteroatoms. The molecule has 12 nitrogen and oxygen atoms in total. The van der Waals surface area contributed by atoms with E-state index in [1.807, 2.05) is 31.2 Å². The molecule has 4 aromatic rings. The van der Waals surface area contributed by atoms with E-state index in [9.17, 15) is 24.3 Å². The number of amides is 5. The van der Waals surface area contributed by atoms with Gasteiger partial charge in [0.2, 0.25) is 23.6 Å². The zero-order chi connectivity index (χ0) is 36.3. The van der Waals surface area contributed by atoms with Crippen LogP contribution in [0.1, 0.15) is 36.8 Å². The van der Waals surface area contributed by atoms with Crippen LogP contribution in [0.5, 0.6) is 11.5 Å². The van der Waals surface area contributed by atoms with Gasteiger partial charge < -0.3 is 14.6 Å². The van der Waals surface area contributed by atoms with E-state index in [2.05, 4.69) is 0 Å². The van der Waals surface area contributed by atoms with Crippen LogP contribution in [0.2, 0.25) is 5.02 Å². The average Bonchev–Trinajstić information content (AvgIpc) is 3.78. The number of fused-ring (bicyclic) bond motifs is 5. The van der Waals surface area contributed by atoms with Gasteiger partial charge in [-0.25, -0.2) is 9.69 Å². The number of phenolic OH excluding ortho intramolecular Hbond substituents is 1. The average molecular weight is 729 g/mol. The number of allylic oxidation sites excluding steroid dienone is 2. The molecule has 2 aliphatic heterocycles. The maximum absolute atomic E-state index is 15.0. The van der Waals surface area contributed by atoms with E-state index in [-0.39, 0.29) is 24.4 Å². The third kappa shape index (κ3) is 4.43. The van der Waals surface area contributed by atoms with Crippen molar-refractivity contribution in [1.82, 2.24) is 14.7 Å². The van der Waals surface area contributed by atoms with Gasteiger partial charge in [-0.05, 0) is 73.9 Å². The first-order valence-electron chi connectivity index (χ1n) is 16.5. The molecule has 3 fully saturated rings. The lowest BCUT2D eigenvalue weighted by molar-refractivity contribution is -0.138. The summed E-state index contributed by atoms with van der Waals surface area (Å²) in [6.07, 6.45) is 0.946. The Morgan fingerprint density at radius 3 is 2.55 bits per heavy atom. The number of aryl methyl sites for hydroxylation is 2. The molecule has 2 aromatic heterocycles. The number of ether oxygens (including phenoxy) is 2. The fraction of sp³-hybridized carbons (Fsp3) is 0.351. The van der Waals surface area contributed by atoms with E-state index in [1.165, 1.54) is 29.2 Å². The van der Waals surface area contributed by atoms with Gasteiger partial charge in [-0.15, -0.1) is 11.3 Å². The quantitative estimate of drug-likeness (QED) is 0.198. The second-order valence-corrected chi connectivity index (χ2v) is 15.2. The van der Waals surface area contributed by atoms with E-state index in [4.69, 9.17) is 26.2 Å². The summed E-state index contributed by atoms with van der Waals surface area (Å²) in [6.45, 7) is 3.70. The molecule has 51 heavy (non-hydrogen) atoms. The number of halogens is 1. The molecule has 2 aliphatic carbocycles. The van der Waals surface area contributed by atoms with Gasteiger partial charge in [-0.2, -0.15) is 10.00 Å². The molecule has 4 heterocycles. The van der Waals surface area contributed by atoms with Crippen molar-refractivity contribution in [3.63, 3.8) is 0 Å². The Labute approximate surface area is 301 Å². The number of likely N-dealkylation sites (tertiary alicyclic amines) is 1. The highest BCUT2D eigenvalue weighted by molar-refractivity contribution is 7.22. The van der Waals surface area contributed by atoms with Gasteiger partial charge in [-0.1, -0.05) is 29.3 Å². The smallest absolute Gasteiger partial charge is 0.423 e. The Morgan fingerprint density at radius 2 is 1.82 bits per heavy atom. The van der Waals surface area contributed by atoms with E-state index in [1.54, 1.807) is 32.2 Å². The van der Waals surface area contributed by atoms with Crippen LogP contribution in [0.15, 0.2) is 54.1 Å². The summed E-state index contributed by atoms with van der Waals surface area (Å²) in [5.74, 6) is -6.31. The third-order valence-corrected chi connectivity index (χ3v) is 12.9. The molecule has 1 N–H and O–H groups in total. The number of phenols is 1. The molecule has 0 radical (unpaired) electrons. The van der Waals surface area contributed by atoms with Crippen LogP contribution >= 0.6 is 22.9 Å². The second-order valence-electron chi connectivity index (χ2n) is 13.7. The van der Waals surface area contributed by atoms with Crippen molar-refractivity contribution >= 4 is 68.6 Å². The predicted molar refractivity (Wildman–Crippen MR) is 187 cm³/mol. The Hall–Kier alpha value is -5.01. The van der Waals surface area contributed by atoms with Crippen molar-refractivity contribution in [2.24, 2.45) is 36.1 Å². The van der Waals surface area contributed by atoms with Crippen molar-refractivity contribution in [2.75, 3.05) is 19.1 Å². The summed E-state index contributed by atoms with van der Waals surface area (Å²) in [5.41, 5.74) is 1.04. The number of anilines is 1. The lowest BCUT2D eigenvalue weighted by atomic mass is 9.51. The molecule has 5 amide bonds. The first kappa shape index (κ1) is 33.2. The highest BCUT2D eigenvalue weighted by Crippen LogP contribution is 2.65. The number of thiophene rings is 1. The second kappa shape index (κ2) is 11.5. The molecule has 2 saturated heterocycles. The van der Waals surface area contributed by atoms with Gasteiger partial charge in [0.1, 0.15) is 23.0 Å². The maximum Gasteiger partial charge on any atom is 0.423 e. The van der Waals surface area contributed by atoms with Crippen molar-refractivity contribution in [1.29, 1.82) is 0 Å². The van der Waals surface area contributed by atoms with E-state index >= 15 is 4.79 Å². The number of aromatic hydroxyl groups is 1. The molecule has 0 unspecified atom stereocenters. The minimum atomic E-state index is -1.44. The molecule has 262 valence electrons. The van der Waals surface area contributed by atoms with Crippen molar-refractivity contribution < 1.29 is 38.6 Å². The summed E-state index contributed by atoms with van der Waals surface area (Å²) >= 11 is 7.82. The van der Waals surface area contributed by atoms with Gasteiger partial charge in [0.15, 0.2) is 0 Å². The molecular weight excluding hydrogens is 696 g/mol. The Bertz CT molecular complexity index is 2280. The molecule has 4 aliphatic rings. The fourth-order valence-corrected chi connectivity index (χ4v) is 10.3. The van der Waals surface area contributed by atoms with E-state index in [0.717, 1.165) is 32.5 Å². The maximum atomic E-state index is 15.0. The number of carbonyl (C=O) groups is 5. The van der Waals surface area contributed by atoms with E-state index < -0.39 is 64.7 Å². The standard InChI is InChI=1S/C37H33ClN4O8S/c1-16-20-13-17(38)9-12-26(20)51-31(16)23-15-27(40(3)39-23)41-33(45)22-14-21-18(10-11-19-28(21)34(46)42(32(19)44)36(48)50-5)30(37(22,2)35(41)47)29-24(43)7-6-8-25(29)49-4/h6-10,12-13,15,19,21-22,28,30,43H,11,14H2,1-5H3/t19-,21+,22-,28-,30+,37+/m0/s1. The molecule has 6 atom stereocenters. The molecule has 2 aromatic carbocycles. The third-order valence-electron chi connectivity index (χ3n) is 11.4. The van der Waals surface area contributed by atoms with E-state index in [0.29, 0.717) is 32.5 Å². The number of benzene rings is 2. The first-order valence-corrected chi connectivity index (χ1v) is 17.7. The highest BCUT2D eigenvalue weighted by Gasteiger charge is 2.69. The van der Waals surface area contributed by atoms with Crippen LogP contribution in [-0.2, 0) is 31.0 Å². The molecule has 8 rings (SSSR count). The summed E-state index contributed by atoms with van der Waals surface area (Å²) in [5, 5.41) is 17.8. The molecular formula is C37H33ClN4O8S. The van der Waals surface area contributed by atoms with Gasteiger partial charge >= 0.3 is 6.09 Å². The van der Waals surface area contributed by atoms with Gasteiger partial charge in [0.05, 0.1) is 42.3 Å². The highest BCUT2D eigenvalue weighted by atomic mass is 35.5. The van der Waals surface area contributed by atoms with Gasteiger partial charge in [0, 0.05) is 34.3 Å². The number of imide groups is 4. The summed E-state index contributed by atoms with van der Waals surface area (Å²) < 4.78 is 13.0. The summed E-state index contributed by atoms with van der Waals surface area (Å²) in [7, 11) is 4.22. The number of hydrogen-bond acceptors (Lipinski definition) is 10. The number of carbonyl (C=O) groups excluding carboxylic acids is 5. The predicted octanol–water partition coefficient (Wildman–Crippen LogP) is 5.97. The molecule has 1 saturated carbocycles. The van der Waals surface area contributed by atoms with Gasteiger partial charge in [0.25, 0.3) is 0 Å². The van der Waals surface area contributed by atoms with Gasteiger partial charge in [-0.3, -0.25) is 23.9 Å². The molecule has 0 spiro atoms. The normalized spacial score (nSPS) is 27.1. The summed E-state index contributed by atoms with van der Waals surface area (Å²) in [4.78, 5) is 72.2. The minimum Gasteiger partial charge on any atom is -0.508 e. The van der Waals surface area contributed by atoms with Crippen LogP contribution in [0.3, 0.4) is 0 Å². The fourth-order valence-electron chi connectivity index (χ4n) is 9.03. The number of rotatable bonds is 4. The number of hydrogen-bond donors (Lipinski definition) is 1. The first-order chi connectivity index (χ1) is 24.3. The SMILES string of the molecule is COC(=O)N1C(=O)[C@H]2[C@H](CC=C3[C@H]2C[C@H]2C(=O)N(c4cc(-c5sc6ccc(Cl)cc6c5C)nn4C)C(=O)[C@@]2(C)[C@H]3c2c(O)cccc2OC)C1=O. The van der Waals surface area contributed by atoms with Crippen LogP contribution in [-0.4, -0.2) is 63.7 Å². The van der Waals surface area contributed by atoms with Crippen molar-refractivity contribution in [3.8, 4) is 22.1 Å². The molecule has 0 bridgehead atoms. The van der Waals surface area contributed by atoms with Crippen LogP contribution in [0.25, 0.3) is 20.7 Å². The lowest BCUT2D eigenvalue weighted by Crippen LogP contribution is -2.49. The number of methoxy groups -OCH3 is 2. The van der Waals surface area contributed by atoms with Crippen LogP contribution in [0, 0.1) is 36.0 Å². The lowest BCUT2D eigenvalue weighted by Gasteiger charge is -2.49.